The van der Waals surface area contributed by atoms with Crippen LogP contribution in [0.1, 0.15) is 11.3 Å². The molecule has 0 saturated heterocycles. The fraction of sp³-hybridized carbons (Fsp3) is 0.118. The molecule has 0 aliphatic rings. The van der Waals surface area contributed by atoms with E-state index in [-0.39, 0.29) is 0 Å². The first-order valence-corrected chi connectivity index (χ1v) is 6.78. The van der Waals surface area contributed by atoms with E-state index in [4.69, 9.17) is 15.0 Å². The Labute approximate surface area is 123 Å². The third-order valence-electron chi connectivity index (χ3n) is 3.16. The van der Waals surface area contributed by atoms with Crippen LogP contribution in [0.4, 0.5) is 0 Å². The first-order chi connectivity index (χ1) is 10.3. The van der Waals surface area contributed by atoms with Gasteiger partial charge in [0.2, 0.25) is 0 Å². The second kappa shape index (κ2) is 6.24. The van der Waals surface area contributed by atoms with Gasteiger partial charge in [0.05, 0.1) is 0 Å². The highest BCUT2D eigenvalue weighted by Gasteiger charge is 2.06. The molecule has 2 N–H and O–H groups in total. The van der Waals surface area contributed by atoms with E-state index in [0.717, 1.165) is 28.3 Å². The van der Waals surface area contributed by atoms with Crippen molar-refractivity contribution in [2.75, 3.05) is 0 Å². The molecule has 3 rings (SSSR count). The standard InChI is InChI=1S/C17H16N2O2/c18-11-13-6-8-16(9-7-13)20-12-15-10-17(21-19-15)14-4-2-1-3-5-14/h1-10H,11-12,18H2. The maximum absolute atomic E-state index is 5.68. The molecule has 0 fully saturated rings. The van der Waals surface area contributed by atoms with Crippen molar-refractivity contribution in [1.29, 1.82) is 0 Å². The van der Waals surface area contributed by atoms with Crippen molar-refractivity contribution in [2.45, 2.75) is 13.2 Å². The Hall–Kier alpha value is -2.59. The molecule has 0 aliphatic carbocycles. The van der Waals surface area contributed by atoms with Gasteiger partial charge in [-0.1, -0.05) is 47.6 Å². The Morgan fingerprint density at radius 2 is 1.76 bits per heavy atom. The van der Waals surface area contributed by atoms with Crippen LogP contribution < -0.4 is 10.5 Å². The Bertz CT molecular complexity index is 690. The van der Waals surface area contributed by atoms with Crippen LogP contribution in [-0.2, 0) is 13.2 Å². The molecule has 106 valence electrons. The van der Waals surface area contributed by atoms with Crippen molar-refractivity contribution in [3.8, 4) is 17.1 Å². The van der Waals surface area contributed by atoms with Crippen molar-refractivity contribution in [3.05, 3.63) is 71.9 Å². The van der Waals surface area contributed by atoms with Crippen molar-refractivity contribution in [2.24, 2.45) is 5.73 Å². The molecule has 21 heavy (non-hydrogen) atoms. The highest BCUT2D eigenvalue weighted by atomic mass is 16.5. The van der Waals surface area contributed by atoms with Crippen molar-refractivity contribution in [1.82, 2.24) is 5.16 Å². The highest BCUT2D eigenvalue weighted by Crippen LogP contribution is 2.20. The Balaban J connectivity index is 1.64. The molecule has 0 spiro atoms. The molecule has 2 aromatic carbocycles. The lowest BCUT2D eigenvalue weighted by Gasteiger charge is -2.04. The zero-order chi connectivity index (χ0) is 14.5. The van der Waals surface area contributed by atoms with Gasteiger partial charge in [-0.2, -0.15) is 0 Å². The largest absolute Gasteiger partial charge is 0.487 e. The summed E-state index contributed by atoms with van der Waals surface area (Å²) in [7, 11) is 0. The first kappa shape index (κ1) is 13.4. The summed E-state index contributed by atoms with van der Waals surface area (Å²) >= 11 is 0. The zero-order valence-electron chi connectivity index (χ0n) is 11.5. The predicted octanol–water partition coefficient (Wildman–Crippen LogP) is 3.38. The van der Waals surface area contributed by atoms with Gasteiger partial charge in [0.1, 0.15) is 18.1 Å². The smallest absolute Gasteiger partial charge is 0.167 e. The minimum atomic E-state index is 0.373. The van der Waals surface area contributed by atoms with E-state index in [2.05, 4.69) is 5.16 Å². The molecule has 4 heteroatoms. The summed E-state index contributed by atoms with van der Waals surface area (Å²) in [5, 5.41) is 4.02. The topological polar surface area (TPSA) is 61.3 Å². The van der Waals surface area contributed by atoms with Crippen LogP contribution in [0.3, 0.4) is 0 Å². The van der Waals surface area contributed by atoms with Gasteiger partial charge in [-0.15, -0.1) is 0 Å². The monoisotopic (exact) mass is 280 g/mol. The summed E-state index contributed by atoms with van der Waals surface area (Å²) in [5.41, 5.74) is 8.40. The van der Waals surface area contributed by atoms with E-state index < -0.39 is 0 Å². The maximum atomic E-state index is 5.68. The van der Waals surface area contributed by atoms with Crippen LogP contribution in [-0.4, -0.2) is 5.16 Å². The normalized spacial score (nSPS) is 10.5. The zero-order valence-corrected chi connectivity index (χ0v) is 11.5. The summed E-state index contributed by atoms with van der Waals surface area (Å²) in [6.07, 6.45) is 0. The SMILES string of the molecule is NCc1ccc(OCc2cc(-c3ccccc3)on2)cc1. The molecule has 3 aromatic rings. The van der Waals surface area contributed by atoms with Gasteiger partial charge in [0, 0.05) is 18.2 Å². The summed E-state index contributed by atoms with van der Waals surface area (Å²) < 4.78 is 11.0. The number of ether oxygens (including phenoxy) is 1. The van der Waals surface area contributed by atoms with Crippen molar-refractivity contribution < 1.29 is 9.26 Å². The fourth-order valence-corrected chi connectivity index (χ4v) is 2.00. The van der Waals surface area contributed by atoms with Gasteiger partial charge in [-0.25, -0.2) is 0 Å². The van der Waals surface area contributed by atoms with E-state index in [1.54, 1.807) is 0 Å². The van der Waals surface area contributed by atoms with Crippen LogP contribution in [0, 0.1) is 0 Å². The minimum Gasteiger partial charge on any atom is -0.487 e. The molecule has 0 aliphatic heterocycles. The lowest BCUT2D eigenvalue weighted by Crippen LogP contribution is -1.97. The van der Waals surface area contributed by atoms with Crippen LogP contribution >= 0.6 is 0 Å². The molecule has 4 nitrogen and oxygen atoms in total. The predicted molar refractivity (Wildman–Crippen MR) is 80.6 cm³/mol. The van der Waals surface area contributed by atoms with E-state index in [0.29, 0.717) is 13.2 Å². The molecular formula is C17H16N2O2. The van der Waals surface area contributed by atoms with Gasteiger partial charge >= 0.3 is 0 Å². The summed E-state index contributed by atoms with van der Waals surface area (Å²) in [4.78, 5) is 0. The van der Waals surface area contributed by atoms with E-state index >= 15 is 0 Å². The van der Waals surface area contributed by atoms with Gasteiger partial charge in [-0.3, -0.25) is 0 Å². The van der Waals surface area contributed by atoms with Gasteiger partial charge in [-0.05, 0) is 17.7 Å². The van der Waals surface area contributed by atoms with Gasteiger partial charge < -0.3 is 15.0 Å². The number of benzene rings is 2. The quantitative estimate of drug-likeness (QED) is 0.778. The molecule has 0 saturated carbocycles. The Morgan fingerprint density at radius 3 is 2.48 bits per heavy atom. The van der Waals surface area contributed by atoms with Crippen LogP contribution in [0.15, 0.2) is 65.2 Å². The average molecular weight is 280 g/mol. The number of rotatable bonds is 5. The van der Waals surface area contributed by atoms with E-state index in [9.17, 15) is 0 Å². The molecule has 0 bridgehead atoms. The third kappa shape index (κ3) is 3.30. The summed E-state index contributed by atoms with van der Waals surface area (Å²) in [5.74, 6) is 1.53. The molecule has 0 radical (unpaired) electrons. The number of hydrogen-bond acceptors (Lipinski definition) is 4. The minimum absolute atomic E-state index is 0.373. The number of nitrogens with zero attached hydrogens (tertiary/aromatic N) is 1. The molecular weight excluding hydrogens is 264 g/mol. The number of hydrogen-bond donors (Lipinski definition) is 1. The molecule has 0 unspecified atom stereocenters. The average Bonchev–Trinajstić information content (AvgIpc) is 3.03. The second-order valence-corrected chi connectivity index (χ2v) is 4.69. The molecule has 1 heterocycles. The fourth-order valence-electron chi connectivity index (χ4n) is 2.00. The maximum Gasteiger partial charge on any atom is 0.167 e. The summed E-state index contributed by atoms with van der Waals surface area (Å²) in [6.45, 7) is 0.905. The van der Waals surface area contributed by atoms with Crippen LogP contribution in [0.2, 0.25) is 0 Å². The highest BCUT2D eigenvalue weighted by molar-refractivity contribution is 5.56. The van der Waals surface area contributed by atoms with Crippen molar-refractivity contribution in [3.63, 3.8) is 0 Å². The van der Waals surface area contributed by atoms with Gasteiger partial charge in [0.25, 0.3) is 0 Å². The van der Waals surface area contributed by atoms with Crippen LogP contribution in [0.5, 0.6) is 5.75 Å². The van der Waals surface area contributed by atoms with Crippen LogP contribution in [0.25, 0.3) is 11.3 Å². The number of nitrogens with two attached hydrogens (primary N) is 1. The Morgan fingerprint density at radius 1 is 1.00 bits per heavy atom. The Kier molecular flexibility index (Phi) is 3.98. The van der Waals surface area contributed by atoms with E-state index in [1.165, 1.54) is 0 Å². The third-order valence-corrected chi connectivity index (χ3v) is 3.16. The number of aromatic nitrogens is 1. The summed E-state index contributed by atoms with van der Waals surface area (Å²) in [6, 6.07) is 19.5. The van der Waals surface area contributed by atoms with Crippen molar-refractivity contribution >= 4 is 0 Å². The van der Waals surface area contributed by atoms with E-state index in [1.807, 2.05) is 60.7 Å². The molecule has 1 aromatic heterocycles. The van der Waals surface area contributed by atoms with Gasteiger partial charge in [0.15, 0.2) is 5.76 Å². The lowest BCUT2D eigenvalue weighted by molar-refractivity contribution is 0.290. The second-order valence-electron chi connectivity index (χ2n) is 4.69. The first-order valence-electron chi connectivity index (χ1n) is 6.78. The molecule has 0 atom stereocenters. The lowest BCUT2D eigenvalue weighted by atomic mass is 10.2. The molecule has 0 amide bonds.